The summed E-state index contributed by atoms with van der Waals surface area (Å²) in [5.74, 6) is 0. The molecule has 2 nitrogen and oxygen atoms in total. The van der Waals surface area contributed by atoms with Gasteiger partial charge in [0.2, 0.25) is 5.69 Å². The molecule has 2 heteroatoms. The molecule has 0 spiro atoms. The molecule has 0 radical (unpaired) electrons. The van der Waals surface area contributed by atoms with E-state index in [4.69, 9.17) is 8.53 Å². The molecule has 5 aromatic rings. The molecular weight excluding hydrogens is 330 g/mol. The number of nitrogens with zero attached hydrogens (tertiary/aromatic N) is 1. The van der Waals surface area contributed by atoms with E-state index < -0.39 is 6.85 Å². The maximum Gasteiger partial charge on any atom is 0.216 e. The van der Waals surface area contributed by atoms with E-state index in [1.54, 1.807) is 6.20 Å². The molecule has 2 aromatic heterocycles. The average Bonchev–Trinajstić information content (AvgIpc) is 3.04. The van der Waals surface area contributed by atoms with Crippen molar-refractivity contribution in [3.8, 4) is 11.3 Å². The largest absolute Gasteiger partial charge is 0.455 e. The van der Waals surface area contributed by atoms with E-state index in [1.165, 1.54) is 5.39 Å². The molecule has 0 fully saturated rings. The average molecular weight is 355 g/mol. The number of hydrogen-bond donors (Lipinski definition) is 0. The first-order valence-corrected chi connectivity index (χ1v) is 9.10. The minimum absolute atomic E-state index is 0.370. The van der Waals surface area contributed by atoms with E-state index in [2.05, 4.69) is 43.3 Å². The van der Waals surface area contributed by atoms with Crippen molar-refractivity contribution in [2.24, 2.45) is 7.05 Å². The first-order valence-electron chi connectivity index (χ1n) is 10.6. The third-order valence-corrected chi connectivity index (χ3v) is 5.45. The molecule has 0 unspecified atom stereocenters. The molecule has 0 atom stereocenters. The SMILES string of the molecule is [2H]C([2H])([2H])c1c[n+](C)c(-c2c(C)ccc3c2oc2cc4ccccc4cc23)cc1C. The van der Waals surface area contributed by atoms with Gasteiger partial charge in [0.1, 0.15) is 18.2 Å². The molecule has 0 aliphatic rings. The molecule has 5 rings (SSSR count). The minimum Gasteiger partial charge on any atom is -0.455 e. The van der Waals surface area contributed by atoms with Crippen molar-refractivity contribution in [3.05, 3.63) is 77.5 Å². The number of aromatic nitrogens is 1. The van der Waals surface area contributed by atoms with Crippen molar-refractivity contribution in [3.63, 3.8) is 0 Å². The topological polar surface area (TPSA) is 17.0 Å². The molecule has 3 aromatic carbocycles. The summed E-state index contributed by atoms with van der Waals surface area (Å²) in [5, 5.41) is 4.47. The molecule has 0 N–H and O–H groups in total. The molecule has 0 aliphatic heterocycles. The van der Waals surface area contributed by atoms with Gasteiger partial charge in [0.15, 0.2) is 6.20 Å². The van der Waals surface area contributed by atoms with Crippen LogP contribution in [0.5, 0.6) is 0 Å². The lowest BCUT2D eigenvalue weighted by molar-refractivity contribution is -0.660. The Morgan fingerprint density at radius 1 is 0.852 bits per heavy atom. The molecule has 2 heterocycles. The zero-order valence-corrected chi connectivity index (χ0v) is 15.6. The molecule has 0 amide bonds. The van der Waals surface area contributed by atoms with Crippen LogP contribution in [-0.2, 0) is 7.05 Å². The highest BCUT2D eigenvalue weighted by molar-refractivity contribution is 6.13. The van der Waals surface area contributed by atoms with Crippen LogP contribution in [0, 0.1) is 20.7 Å². The van der Waals surface area contributed by atoms with Crippen molar-refractivity contribution in [1.29, 1.82) is 0 Å². The van der Waals surface area contributed by atoms with E-state index in [1.807, 2.05) is 36.7 Å². The van der Waals surface area contributed by atoms with Crippen molar-refractivity contribution < 1.29 is 13.1 Å². The van der Waals surface area contributed by atoms with Crippen molar-refractivity contribution in [2.45, 2.75) is 20.7 Å². The van der Waals surface area contributed by atoms with Crippen LogP contribution in [0.1, 0.15) is 20.8 Å². The van der Waals surface area contributed by atoms with E-state index in [0.717, 1.165) is 49.7 Å². The summed E-state index contributed by atoms with van der Waals surface area (Å²) in [6, 6.07) is 18.7. The summed E-state index contributed by atoms with van der Waals surface area (Å²) < 4.78 is 31.7. The standard InChI is InChI=1S/C25H22NO/c1-15-9-10-20-21-12-18-7-5-6-8-19(18)13-23(21)27-25(20)24(15)22-11-16(2)17(3)14-26(22)4/h5-14H,1-4H3/q+1/i3D3. The zero-order valence-electron chi connectivity index (χ0n) is 18.6. The highest BCUT2D eigenvalue weighted by atomic mass is 16.3. The fraction of sp³-hybridized carbons (Fsp3) is 0.160. The summed E-state index contributed by atoms with van der Waals surface area (Å²) in [4.78, 5) is 0. The predicted molar refractivity (Wildman–Crippen MR) is 112 cm³/mol. The number of pyridine rings is 1. The lowest BCUT2D eigenvalue weighted by atomic mass is 9.98. The predicted octanol–water partition coefficient (Wildman–Crippen LogP) is 6.16. The fourth-order valence-electron chi connectivity index (χ4n) is 3.94. The number of furan rings is 1. The molecule has 0 saturated carbocycles. The summed E-state index contributed by atoms with van der Waals surface area (Å²) in [5.41, 5.74) is 5.83. The summed E-state index contributed by atoms with van der Waals surface area (Å²) in [6.45, 7) is 1.78. The van der Waals surface area contributed by atoms with Gasteiger partial charge in [0.25, 0.3) is 0 Å². The smallest absolute Gasteiger partial charge is 0.216 e. The number of rotatable bonds is 1. The van der Waals surface area contributed by atoms with Crippen LogP contribution in [0.2, 0.25) is 0 Å². The molecule has 0 bridgehead atoms. The van der Waals surface area contributed by atoms with Gasteiger partial charge in [-0.2, -0.15) is 0 Å². The van der Waals surface area contributed by atoms with E-state index in [-0.39, 0.29) is 0 Å². The minimum atomic E-state index is -2.14. The second kappa shape index (κ2) is 5.68. The van der Waals surface area contributed by atoms with Gasteiger partial charge in [0, 0.05) is 26.5 Å². The Morgan fingerprint density at radius 2 is 1.63 bits per heavy atom. The highest BCUT2D eigenvalue weighted by Gasteiger charge is 2.21. The van der Waals surface area contributed by atoms with Gasteiger partial charge >= 0.3 is 0 Å². The van der Waals surface area contributed by atoms with Gasteiger partial charge < -0.3 is 4.42 Å². The molecule has 132 valence electrons. The van der Waals surface area contributed by atoms with Crippen LogP contribution in [0.25, 0.3) is 44.0 Å². The Morgan fingerprint density at radius 3 is 2.41 bits per heavy atom. The maximum absolute atomic E-state index is 7.80. The van der Waals surface area contributed by atoms with Crippen LogP contribution >= 0.6 is 0 Å². The van der Waals surface area contributed by atoms with Gasteiger partial charge in [-0.15, -0.1) is 0 Å². The Kier molecular flexibility index (Phi) is 2.76. The van der Waals surface area contributed by atoms with Crippen LogP contribution in [-0.4, -0.2) is 0 Å². The highest BCUT2D eigenvalue weighted by Crippen LogP contribution is 2.38. The van der Waals surface area contributed by atoms with Gasteiger partial charge in [0.05, 0.1) is 5.56 Å². The van der Waals surface area contributed by atoms with E-state index in [0.29, 0.717) is 5.56 Å². The number of fused-ring (bicyclic) bond motifs is 4. The third-order valence-electron chi connectivity index (χ3n) is 5.45. The van der Waals surface area contributed by atoms with Gasteiger partial charge in [-0.1, -0.05) is 36.4 Å². The lowest BCUT2D eigenvalue weighted by Crippen LogP contribution is -2.31. The van der Waals surface area contributed by atoms with Crippen molar-refractivity contribution in [1.82, 2.24) is 0 Å². The van der Waals surface area contributed by atoms with Gasteiger partial charge in [-0.05, 0) is 54.7 Å². The molecule has 27 heavy (non-hydrogen) atoms. The summed E-state index contributed by atoms with van der Waals surface area (Å²) >= 11 is 0. The van der Waals surface area contributed by atoms with Crippen LogP contribution in [0.4, 0.5) is 0 Å². The van der Waals surface area contributed by atoms with Crippen LogP contribution < -0.4 is 4.57 Å². The molecule has 0 aliphatic carbocycles. The third kappa shape index (κ3) is 2.37. The van der Waals surface area contributed by atoms with Crippen molar-refractivity contribution >= 4 is 32.7 Å². The Bertz CT molecular complexity index is 1460. The monoisotopic (exact) mass is 355 g/mol. The fourth-order valence-corrected chi connectivity index (χ4v) is 3.94. The van der Waals surface area contributed by atoms with E-state index in [9.17, 15) is 0 Å². The van der Waals surface area contributed by atoms with Crippen molar-refractivity contribution in [2.75, 3.05) is 0 Å². The second-order valence-electron chi connectivity index (χ2n) is 7.30. The molecule has 0 saturated heterocycles. The first kappa shape index (κ1) is 13.1. The normalized spacial score (nSPS) is 13.8. The van der Waals surface area contributed by atoms with Gasteiger partial charge in [-0.25, -0.2) is 4.57 Å². The zero-order chi connectivity index (χ0) is 21.2. The number of benzene rings is 3. The Labute approximate surface area is 162 Å². The van der Waals surface area contributed by atoms with Gasteiger partial charge in [-0.3, -0.25) is 0 Å². The second-order valence-corrected chi connectivity index (χ2v) is 7.30. The quantitative estimate of drug-likeness (QED) is 0.329. The number of aryl methyl sites for hydroxylation is 4. The Balaban J connectivity index is 1.84. The first-order chi connectivity index (χ1) is 14.2. The summed E-state index contributed by atoms with van der Waals surface area (Å²) in [7, 11) is 1.89. The lowest BCUT2D eigenvalue weighted by Gasteiger charge is -2.07. The van der Waals surface area contributed by atoms with E-state index >= 15 is 0 Å². The number of hydrogen-bond acceptors (Lipinski definition) is 1. The Hall–Kier alpha value is -3.13. The van der Waals surface area contributed by atoms with Crippen LogP contribution in [0.15, 0.2) is 65.2 Å². The summed E-state index contributed by atoms with van der Waals surface area (Å²) in [6.07, 6.45) is 1.72. The van der Waals surface area contributed by atoms with Crippen LogP contribution in [0.3, 0.4) is 0 Å². The maximum atomic E-state index is 7.80. The molecular formula is C25H22NO+.